The Balaban J connectivity index is 1.64. The SMILES string of the molecule is CCc1ccc(NC(=O)c2sc(NC(=O)Nc3ccccc3)nc2C)cc1. The highest BCUT2D eigenvalue weighted by Crippen LogP contribution is 2.24. The minimum atomic E-state index is -0.405. The van der Waals surface area contributed by atoms with Crippen molar-refractivity contribution in [3.05, 3.63) is 70.7 Å². The number of anilines is 3. The van der Waals surface area contributed by atoms with E-state index in [0.717, 1.165) is 23.4 Å². The van der Waals surface area contributed by atoms with Crippen molar-refractivity contribution in [2.24, 2.45) is 0 Å². The Morgan fingerprint density at radius 3 is 2.26 bits per heavy atom. The van der Waals surface area contributed by atoms with Gasteiger partial charge in [0.25, 0.3) is 5.91 Å². The van der Waals surface area contributed by atoms with Crippen LogP contribution in [-0.4, -0.2) is 16.9 Å². The Bertz CT molecular complexity index is 936. The number of carbonyl (C=O) groups excluding carboxylic acids is 2. The van der Waals surface area contributed by atoms with Gasteiger partial charge in [-0.05, 0) is 43.2 Å². The van der Waals surface area contributed by atoms with Crippen LogP contribution in [0.3, 0.4) is 0 Å². The zero-order valence-corrected chi connectivity index (χ0v) is 15.9. The van der Waals surface area contributed by atoms with Gasteiger partial charge >= 0.3 is 6.03 Å². The summed E-state index contributed by atoms with van der Waals surface area (Å²) in [6.45, 7) is 3.82. The standard InChI is InChI=1S/C20H20N4O2S/c1-3-14-9-11-16(12-10-14)22-18(25)17-13(2)21-20(27-17)24-19(26)23-15-7-5-4-6-8-15/h4-12H,3H2,1-2H3,(H,22,25)(H2,21,23,24,26). The van der Waals surface area contributed by atoms with Crippen LogP contribution in [0.1, 0.15) is 27.9 Å². The van der Waals surface area contributed by atoms with Crippen molar-refractivity contribution in [3.63, 3.8) is 0 Å². The van der Waals surface area contributed by atoms with Crippen LogP contribution in [0.2, 0.25) is 0 Å². The van der Waals surface area contributed by atoms with Crippen LogP contribution in [0.15, 0.2) is 54.6 Å². The van der Waals surface area contributed by atoms with E-state index in [4.69, 9.17) is 0 Å². The lowest BCUT2D eigenvalue weighted by atomic mass is 10.1. The second kappa shape index (κ2) is 8.46. The summed E-state index contributed by atoms with van der Waals surface area (Å²) < 4.78 is 0. The highest BCUT2D eigenvalue weighted by Gasteiger charge is 2.17. The zero-order chi connectivity index (χ0) is 19.2. The highest BCUT2D eigenvalue weighted by molar-refractivity contribution is 7.17. The number of amides is 3. The second-order valence-electron chi connectivity index (χ2n) is 5.88. The minimum Gasteiger partial charge on any atom is -0.321 e. The summed E-state index contributed by atoms with van der Waals surface area (Å²) in [7, 11) is 0. The Hall–Kier alpha value is -3.19. The van der Waals surface area contributed by atoms with Crippen molar-refractivity contribution >= 4 is 39.8 Å². The molecule has 0 atom stereocenters. The van der Waals surface area contributed by atoms with Crippen LogP contribution in [0.4, 0.5) is 21.3 Å². The van der Waals surface area contributed by atoms with E-state index in [2.05, 4.69) is 27.9 Å². The molecule has 1 aromatic heterocycles. The normalized spacial score (nSPS) is 10.3. The maximum Gasteiger partial charge on any atom is 0.325 e. The van der Waals surface area contributed by atoms with E-state index in [0.29, 0.717) is 21.4 Å². The lowest BCUT2D eigenvalue weighted by Crippen LogP contribution is -2.19. The van der Waals surface area contributed by atoms with Crippen LogP contribution in [0.25, 0.3) is 0 Å². The van der Waals surface area contributed by atoms with Gasteiger partial charge in [0.15, 0.2) is 5.13 Å². The van der Waals surface area contributed by atoms with Crippen molar-refractivity contribution in [1.29, 1.82) is 0 Å². The Morgan fingerprint density at radius 2 is 1.59 bits per heavy atom. The molecule has 0 fully saturated rings. The number of benzene rings is 2. The summed E-state index contributed by atoms with van der Waals surface area (Å²) in [6.07, 6.45) is 0.947. The van der Waals surface area contributed by atoms with Crippen LogP contribution in [0, 0.1) is 6.92 Å². The van der Waals surface area contributed by atoms with Crippen molar-refractivity contribution < 1.29 is 9.59 Å². The van der Waals surface area contributed by atoms with Crippen LogP contribution in [-0.2, 0) is 6.42 Å². The van der Waals surface area contributed by atoms with Gasteiger partial charge in [-0.15, -0.1) is 0 Å². The first-order valence-electron chi connectivity index (χ1n) is 8.56. The number of aryl methyl sites for hydroxylation is 2. The van der Waals surface area contributed by atoms with E-state index in [-0.39, 0.29) is 5.91 Å². The molecule has 0 bridgehead atoms. The van der Waals surface area contributed by atoms with Gasteiger partial charge in [-0.2, -0.15) is 0 Å². The average Bonchev–Trinajstić information content (AvgIpc) is 3.03. The lowest BCUT2D eigenvalue weighted by Gasteiger charge is -2.05. The van der Waals surface area contributed by atoms with Gasteiger partial charge < -0.3 is 10.6 Å². The first kappa shape index (κ1) is 18.6. The predicted molar refractivity (Wildman–Crippen MR) is 110 cm³/mol. The van der Waals surface area contributed by atoms with Gasteiger partial charge in [0.1, 0.15) is 4.88 Å². The number of urea groups is 1. The molecule has 3 rings (SSSR count). The number of nitrogens with one attached hydrogen (secondary N) is 3. The molecule has 2 aromatic carbocycles. The van der Waals surface area contributed by atoms with E-state index < -0.39 is 6.03 Å². The number of hydrogen-bond donors (Lipinski definition) is 3. The fraction of sp³-hybridized carbons (Fsp3) is 0.150. The van der Waals surface area contributed by atoms with Crippen LogP contribution >= 0.6 is 11.3 Å². The van der Waals surface area contributed by atoms with Gasteiger partial charge in [-0.3, -0.25) is 10.1 Å². The first-order valence-corrected chi connectivity index (χ1v) is 9.37. The van der Waals surface area contributed by atoms with Crippen LogP contribution in [0.5, 0.6) is 0 Å². The van der Waals surface area contributed by atoms with Crippen molar-refractivity contribution in [1.82, 2.24) is 4.98 Å². The van der Waals surface area contributed by atoms with Gasteiger partial charge in [0.05, 0.1) is 5.69 Å². The summed E-state index contributed by atoms with van der Waals surface area (Å²) in [4.78, 5) is 29.3. The molecule has 0 spiro atoms. The number of carbonyl (C=O) groups is 2. The third-order valence-corrected chi connectivity index (χ3v) is 4.95. The van der Waals surface area contributed by atoms with Crippen LogP contribution < -0.4 is 16.0 Å². The van der Waals surface area contributed by atoms with Crippen molar-refractivity contribution in [2.45, 2.75) is 20.3 Å². The average molecular weight is 380 g/mol. The molecule has 0 aliphatic rings. The molecule has 138 valence electrons. The van der Waals surface area contributed by atoms with E-state index in [1.807, 2.05) is 42.5 Å². The Labute approximate surface area is 161 Å². The molecule has 1 heterocycles. The summed E-state index contributed by atoms with van der Waals surface area (Å²) in [5, 5.41) is 8.61. The van der Waals surface area contributed by atoms with Gasteiger partial charge in [-0.25, -0.2) is 9.78 Å². The number of thiazole rings is 1. The van der Waals surface area contributed by atoms with Crippen molar-refractivity contribution in [2.75, 3.05) is 16.0 Å². The Kier molecular flexibility index (Phi) is 5.83. The molecular formula is C20H20N4O2S. The van der Waals surface area contributed by atoms with E-state index >= 15 is 0 Å². The number of aromatic nitrogens is 1. The molecule has 0 aliphatic carbocycles. The molecule has 27 heavy (non-hydrogen) atoms. The highest BCUT2D eigenvalue weighted by atomic mass is 32.1. The maximum atomic E-state index is 12.5. The van der Waals surface area contributed by atoms with E-state index in [1.165, 1.54) is 5.56 Å². The molecule has 6 nitrogen and oxygen atoms in total. The van der Waals surface area contributed by atoms with E-state index in [1.54, 1.807) is 19.1 Å². The molecule has 0 radical (unpaired) electrons. The minimum absolute atomic E-state index is 0.245. The maximum absolute atomic E-state index is 12.5. The fourth-order valence-electron chi connectivity index (χ4n) is 2.45. The zero-order valence-electron chi connectivity index (χ0n) is 15.1. The largest absolute Gasteiger partial charge is 0.325 e. The van der Waals surface area contributed by atoms with E-state index in [9.17, 15) is 9.59 Å². The molecule has 0 saturated heterocycles. The fourth-order valence-corrected chi connectivity index (χ4v) is 3.31. The van der Waals surface area contributed by atoms with Crippen molar-refractivity contribution in [3.8, 4) is 0 Å². The smallest absolute Gasteiger partial charge is 0.321 e. The Morgan fingerprint density at radius 1 is 0.926 bits per heavy atom. The molecule has 0 unspecified atom stereocenters. The summed E-state index contributed by atoms with van der Waals surface area (Å²) in [5.41, 5.74) is 3.17. The van der Waals surface area contributed by atoms with Gasteiger partial charge in [-0.1, -0.05) is 48.6 Å². The third-order valence-electron chi connectivity index (χ3n) is 3.87. The monoisotopic (exact) mass is 380 g/mol. The summed E-state index contributed by atoms with van der Waals surface area (Å²) in [5.74, 6) is -0.245. The molecule has 3 N–H and O–H groups in total. The molecule has 3 amide bonds. The van der Waals surface area contributed by atoms with Gasteiger partial charge in [0.2, 0.25) is 0 Å². The number of hydrogen-bond acceptors (Lipinski definition) is 4. The molecule has 3 aromatic rings. The lowest BCUT2D eigenvalue weighted by molar-refractivity contribution is 0.103. The number of para-hydroxylation sites is 1. The molecule has 0 saturated carbocycles. The second-order valence-corrected chi connectivity index (χ2v) is 6.88. The summed E-state index contributed by atoms with van der Waals surface area (Å²) in [6, 6.07) is 16.4. The molecule has 0 aliphatic heterocycles. The molecule has 7 heteroatoms. The first-order chi connectivity index (χ1) is 13.0. The topological polar surface area (TPSA) is 83.1 Å². The quantitative estimate of drug-likeness (QED) is 0.588. The summed E-state index contributed by atoms with van der Waals surface area (Å²) >= 11 is 1.14. The predicted octanol–water partition coefficient (Wildman–Crippen LogP) is 4.91. The number of nitrogens with zero attached hydrogens (tertiary/aromatic N) is 1. The number of rotatable bonds is 5. The van der Waals surface area contributed by atoms with Gasteiger partial charge in [0, 0.05) is 11.4 Å². The molecular weight excluding hydrogens is 360 g/mol. The third kappa shape index (κ3) is 4.92.